The van der Waals surface area contributed by atoms with Crippen LogP contribution in [0, 0.1) is 20.8 Å². The minimum atomic E-state index is 0.250. The van der Waals surface area contributed by atoms with E-state index in [4.69, 9.17) is 19.4 Å². The van der Waals surface area contributed by atoms with E-state index in [1.165, 1.54) is 11.1 Å². The molecule has 0 aliphatic carbocycles. The number of imidazole rings is 1. The number of aliphatic hydroxyl groups is 1. The van der Waals surface area contributed by atoms with Gasteiger partial charge in [-0.3, -0.25) is 4.79 Å². The van der Waals surface area contributed by atoms with Crippen LogP contribution in [0.25, 0.3) is 11.0 Å². The van der Waals surface area contributed by atoms with E-state index in [0.29, 0.717) is 6.79 Å². The van der Waals surface area contributed by atoms with Crippen molar-refractivity contribution in [2.75, 3.05) is 25.8 Å². The molecule has 0 saturated carbocycles. The normalized spacial score (nSPS) is 11.3. The molecule has 4 N–H and O–H groups in total. The molecule has 174 valence electrons. The van der Waals surface area contributed by atoms with Crippen molar-refractivity contribution in [3.05, 3.63) is 41.3 Å². The number of aliphatic hydroxyl groups excluding tert-OH is 1. The molecule has 0 radical (unpaired) electrons. The first-order chi connectivity index (χ1) is 15.5. The summed E-state index contributed by atoms with van der Waals surface area (Å²) in [5.41, 5.74) is 8.71. The van der Waals surface area contributed by atoms with Crippen molar-refractivity contribution in [3.8, 4) is 11.5 Å². The van der Waals surface area contributed by atoms with Crippen LogP contribution in [0.1, 0.15) is 36.2 Å². The molecular formula is C23H33N5O4. The van der Waals surface area contributed by atoms with Crippen LogP contribution in [0.3, 0.4) is 0 Å². The Labute approximate surface area is 188 Å². The summed E-state index contributed by atoms with van der Waals surface area (Å²) in [6, 6.07) is 6.03. The Hall–Kier alpha value is -3.33. The number of aromatic nitrogens is 3. The molecule has 32 heavy (non-hydrogen) atoms. The number of nitrogens with two attached hydrogens (primary N) is 1. The number of carbonyl (C=O) groups excluding carboxylic acids is 1. The van der Waals surface area contributed by atoms with Crippen LogP contribution in [0.4, 0.5) is 5.82 Å². The van der Waals surface area contributed by atoms with E-state index in [9.17, 15) is 0 Å². The van der Waals surface area contributed by atoms with E-state index in [2.05, 4.69) is 39.4 Å². The minimum absolute atomic E-state index is 0.250. The number of ether oxygens (including phenoxy) is 2. The predicted molar refractivity (Wildman–Crippen MR) is 125 cm³/mol. The van der Waals surface area contributed by atoms with Crippen molar-refractivity contribution in [3.63, 3.8) is 0 Å². The van der Waals surface area contributed by atoms with E-state index < -0.39 is 0 Å². The largest absolute Gasteiger partial charge is 0.454 e. The highest BCUT2D eigenvalue weighted by Crippen LogP contribution is 2.34. The fourth-order valence-corrected chi connectivity index (χ4v) is 3.34. The lowest BCUT2D eigenvalue weighted by molar-refractivity contribution is -0.106. The van der Waals surface area contributed by atoms with Gasteiger partial charge in [0.05, 0.1) is 5.52 Å². The van der Waals surface area contributed by atoms with Gasteiger partial charge in [-0.25, -0.2) is 9.97 Å². The third kappa shape index (κ3) is 6.34. The summed E-state index contributed by atoms with van der Waals surface area (Å²) in [7, 11) is 1.86. The number of amides is 1. The summed E-state index contributed by atoms with van der Waals surface area (Å²) in [6.07, 6.45) is 5.03. The molecule has 1 aliphatic rings. The van der Waals surface area contributed by atoms with Gasteiger partial charge in [0.1, 0.15) is 11.3 Å². The lowest BCUT2D eigenvalue weighted by Crippen LogP contribution is -2.01. The van der Waals surface area contributed by atoms with Gasteiger partial charge in [0.25, 0.3) is 0 Å². The van der Waals surface area contributed by atoms with Crippen LogP contribution in [-0.2, 0) is 11.3 Å². The molecule has 2 aromatic heterocycles. The number of aryl methyl sites for hydroxylation is 4. The lowest BCUT2D eigenvalue weighted by atomic mass is 10.1. The fraction of sp³-hybridized carbons (Fsp3) is 0.435. The van der Waals surface area contributed by atoms with E-state index in [0.717, 1.165) is 60.0 Å². The number of nitrogens with zero attached hydrogens (tertiary/aromatic N) is 3. The van der Waals surface area contributed by atoms with E-state index in [1.807, 2.05) is 32.2 Å². The van der Waals surface area contributed by atoms with Crippen LogP contribution in [0.5, 0.6) is 11.5 Å². The first kappa shape index (κ1) is 24.9. The van der Waals surface area contributed by atoms with Crippen LogP contribution < -0.4 is 20.5 Å². The average molecular weight is 444 g/mol. The number of unbranched alkanes of at least 4 members (excludes halogenated alkanes) is 2. The summed E-state index contributed by atoms with van der Waals surface area (Å²) in [5, 5.41) is 11.8. The molecule has 3 aromatic rings. The SMILES string of the molecule is CNc1nccc2c1nc(C)n2CCCCCO.Cc1cc2c(cc1C)OCO2.NC=O. The smallest absolute Gasteiger partial charge is 0.231 e. The molecule has 3 heterocycles. The Morgan fingerprint density at radius 1 is 1.16 bits per heavy atom. The molecule has 0 atom stereocenters. The first-order valence-electron chi connectivity index (χ1n) is 10.6. The maximum atomic E-state index is 8.78. The molecular weight excluding hydrogens is 410 g/mol. The topological polar surface area (TPSA) is 125 Å². The van der Waals surface area contributed by atoms with Gasteiger partial charge >= 0.3 is 0 Å². The Kier molecular flexibility index (Phi) is 9.75. The number of hydrogen-bond acceptors (Lipinski definition) is 7. The van der Waals surface area contributed by atoms with Crippen LogP contribution in [0.15, 0.2) is 24.4 Å². The molecule has 0 unspecified atom stereocenters. The Balaban J connectivity index is 0.000000220. The molecule has 0 fully saturated rings. The van der Waals surface area contributed by atoms with Gasteiger partial charge in [0, 0.05) is 26.4 Å². The monoisotopic (exact) mass is 443 g/mol. The van der Waals surface area contributed by atoms with Crippen molar-refractivity contribution in [1.29, 1.82) is 0 Å². The summed E-state index contributed by atoms with van der Waals surface area (Å²) in [5.74, 6) is 3.57. The maximum Gasteiger partial charge on any atom is 0.231 e. The number of pyridine rings is 1. The van der Waals surface area contributed by atoms with Gasteiger partial charge in [0.2, 0.25) is 13.2 Å². The molecule has 9 heteroatoms. The van der Waals surface area contributed by atoms with Gasteiger partial charge in [-0.2, -0.15) is 0 Å². The number of carbonyl (C=O) groups is 1. The second kappa shape index (κ2) is 12.5. The lowest BCUT2D eigenvalue weighted by Gasteiger charge is -2.06. The zero-order valence-electron chi connectivity index (χ0n) is 19.2. The third-order valence-electron chi connectivity index (χ3n) is 5.12. The highest BCUT2D eigenvalue weighted by molar-refractivity contribution is 5.86. The van der Waals surface area contributed by atoms with Gasteiger partial charge < -0.3 is 30.2 Å². The summed E-state index contributed by atoms with van der Waals surface area (Å²) in [4.78, 5) is 17.4. The van der Waals surface area contributed by atoms with Crippen molar-refractivity contribution in [2.24, 2.45) is 5.73 Å². The summed E-state index contributed by atoms with van der Waals surface area (Å²) >= 11 is 0. The number of nitrogens with one attached hydrogen (secondary N) is 1. The van der Waals surface area contributed by atoms with Crippen LogP contribution >= 0.6 is 0 Å². The van der Waals surface area contributed by atoms with Crippen LogP contribution in [-0.4, -0.2) is 46.5 Å². The second-order valence-electron chi connectivity index (χ2n) is 7.30. The zero-order chi connectivity index (χ0) is 23.5. The molecule has 1 aliphatic heterocycles. The Bertz CT molecular complexity index is 990. The zero-order valence-corrected chi connectivity index (χ0v) is 19.2. The first-order valence-corrected chi connectivity index (χ1v) is 10.6. The van der Waals surface area contributed by atoms with E-state index in [-0.39, 0.29) is 13.0 Å². The highest BCUT2D eigenvalue weighted by Gasteiger charge is 2.13. The number of fused-ring (bicyclic) bond motifs is 2. The quantitative estimate of drug-likeness (QED) is 0.395. The molecule has 0 bridgehead atoms. The predicted octanol–water partition coefficient (Wildman–Crippen LogP) is 3.08. The van der Waals surface area contributed by atoms with Gasteiger partial charge in [0.15, 0.2) is 17.3 Å². The molecule has 1 amide bonds. The van der Waals surface area contributed by atoms with Gasteiger partial charge in [-0.15, -0.1) is 0 Å². The maximum absolute atomic E-state index is 8.78. The molecule has 0 spiro atoms. The van der Waals surface area contributed by atoms with E-state index in [1.54, 1.807) is 6.20 Å². The Morgan fingerprint density at radius 3 is 2.34 bits per heavy atom. The van der Waals surface area contributed by atoms with Crippen molar-refractivity contribution < 1.29 is 19.4 Å². The van der Waals surface area contributed by atoms with Gasteiger partial charge in [-0.05, 0) is 69.4 Å². The summed E-state index contributed by atoms with van der Waals surface area (Å²) in [6.45, 7) is 7.73. The van der Waals surface area contributed by atoms with Gasteiger partial charge in [-0.1, -0.05) is 0 Å². The van der Waals surface area contributed by atoms with Crippen molar-refractivity contribution >= 4 is 23.3 Å². The molecule has 4 rings (SSSR count). The highest BCUT2D eigenvalue weighted by atomic mass is 16.7. The number of rotatable bonds is 6. The van der Waals surface area contributed by atoms with E-state index >= 15 is 0 Å². The summed E-state index contributed by atoms with van der Waals surface area (Å²) < 4.78 is 12.6. The number of primary amides is 1. The minimum Gasteiger partial charge on any atom is -0.454 e. The molecule has 9 nitrogen and oxygen atoms in total. The molecule has 0 saturated heterocycles. The number of hydrogen-bond donors (Lipinski definition) is 3. The number of anilines is 1. The Morgan fingerprint density at radius 2 is 1.78 bits per heavy atom. The standard InChI is InChI=1S/C13H20N4O.C9H10O2.CH3NO/c1-10-16-12-11(6-7-15-13(12)14-2)17(10)8-4-3-5-9-18;1-6-3-8-9(4-7(6)2)11-5-10-8;2-1-3/h6-7,18H,3-5,8-9H2,1-2H3,(H,14,15);3-4H,5H2,1-2H3;1H,(H2,2,3). The second-order valence-corrected chi connectivity index (χ2v) is 7.30. The van der Waals surface area contributed by atoms with Crippen molar-refractivity contribution in [2.45, 2.75) is 46.6 Å². The average Bonchev–Trinajstić information content (AvgIpc) is 3.35. The fourth-order valence-electron chi connectivity index (χ4n) is 3.34. The van der Waals surface area contributed by atoms with Crippen LogP contribution in [0.2, 0.25) is 0 Å². The number of benzene rings is 1. The van der Waals surface area contributed by atoms with Crippen molar-refractivity contribution in [1.82, 2.24) is 14.5 Å². The molecule has 1 aromatic carbocycles. The third-order valence-corrected chi connectivity index (χ3v) is 5.12.